The summed E-state index contributed by atoms with van der Waals surface area (Å²) in [6.07, 6.45) is 10.8. The first-order valence-electron chi connectivity index (χ1n) is 5.95. The zero-order chi connectivity index (χ0) is 13.0. The monoisotopic (exact) mass is 245 g/mol. The lowest BCUT2D eigenvalue weighted by molar-refractivity contribution is -0.135. The van der Waals surface area contributed by atoms with E-state index in [0.717, 1.165) is 36.9 Å². The van der Waals surface area contributed by atoms with Crippen molar-refractivity contribution in [3.63, 3.8) is 0 Å². The van der Waals surface area contributed by atoms with Crippen LogP contribution in [0.4, 0.5) is 5.82 Å². The molecule has 5 nitrogen and oxygen atoms in total. The van der Waals surface area contributed by atoms with Gasteiger partial charge in [0.15, 0.2) is 0 Å². The molecule has 1 aromatic rings. The van der Waals surface area contributed by atoms with Crippen molar-refractivity contribution in [1.29, 1.82) is 0 Å². The highest BCUT2D eigenvalue weighted by atomic mass is 16.4. The van der Waals surface area contributed by atoms with Gasteiger partial charge in [0, 0.05) is 11.3 Å². The number of terminal acetylenes is 1. The molecule has 0 spiro atoms. The number of aliphatic carboxylic acids is 1. The van der Waals surface area contributed by atoms with Gasteiger partial charge in [-0.1, -0.05) is 5.92 Å². The smallest absolute Gasteiger partial charge is 0.323 e. The number of rotatable bonds is 4. The van der Waals surface area contributed by atoms with Crippen LogP contribution in [-0.4, -0.2) is 34.1 Å². The van der Waals surface area contributed by atoms with E-state index in [2.05, 4.69) is 15.9 Å². The lowest BCUT2D eigenvalue weighted by atomic mass is 9.96. The van der Waals surface area contributed by atoms with Crippen molar-refractivity contribution in [3.8, 4) is 12.3 Å². The number of nitrogens with zero attached hydrogens (tertiary/aromatic N) is 3. The highest BCUT2D eigenvalue weighted by Crippen LogP contribution is 2.26. The second-order valence-electron chi connectivity index (χ2n) is 4.28. The van der Waals surface area contributed by atoms with Crippen LogP contribution in [0.25, 0.3) is 0 Å². The number of aromatic nitrogens is 2. The molecule has 1 N–H and O–H groups in total. The van der Waals surface area contributed by atoms with Crippen molar-refractivity contribution in [1.82, 2.24) is 9.97 Å². The van der Waals surface area contributed by atoms with E-state index in [4.69, 9.17) is 11.5 Å². The predicted octanol–water partition coefficient (Wildman–Crippen LogP) is 0.880. The maximum atomic E-state index is 10.9. The molecule has 0 bridgehead atoms. The molecule has 0 fully saturated rings. The van der Waals surface area contributed by atoms with E-state index in [1.165, 1.54) is 6.33 Å². The average Bonchev–Trinajstić information content (AvgIpc) is 2.37. The van der Waals surface area contributed by atoms with Crippen molar-refractivity contribution in [3.05, 3.63) is 17.6 Å². The standard InChI is InChI=1S/C13H15N3O2/c1-2-7-16(8-12(17)18)13-10-5-3-4-6-11(10)14-9-15-13/h1,9H,3-8H2,(H,17,18). The number of carboxylic acid groups (broad SMARTS) is 1. The van der Waals surface area contributed by atoms with Crippen LogP contribution in [0.1, 0.15) is 24.1 Å². The molecule has 0 aliphatic heterocycles. The van der Waals surface area contributed by atoms with Gasteiger partial charge in [-0.3, -0.25) is 4.79 Å². The minimum Gasteiger partial charge on any atom is -0.480 e. The summed E-state index contributed by atoms with van der Waals surface area (Å²) in [6.45, 7) is 0.114. The van der Waals surface area contributed by atoms with Gasteiger partial charge in [0.1, 0.15) is 18.7 Å². The lowest BCUT2D eigenvalue weighted by Crippen LogP contribution is -2.32. The van der Waals surface area contributed by atoms with Gasteiger partial charge in [0.05, 0.1) is 6.54 Å². The van der Waals surface area contributed by atoms with Crippen molar-refractivity contribution in [2.24, 2.45) is 0 Å². The van der Waals surface area contributed by atoms with Crippen molar-refractivity contribution in [2.75, 3.05) is 18.0 Å². The van der Waals surface area contributed by atoms with Crippen LogP contribution in [0, 0.1) is 12.3 Å². The summed E-state index contributed by atoms with van der Waals surface area (Å²) >= 11 is 0. The number of fused-ring (bicyclic) bond motifs is 1. The van der Waals surface area contributed by atoms with E-state index in [1.54, 1.807) is 4.90 Å². The SMILES string of the molecule is C#CCN(CC(=O)O)c1ncnc2c1CCCC2. The van der Waals surface area contributed by atoms with Gasteiger partial charge >= 0.3 is 5.97 Å². The highest BCUT2D eigenvalue weighted by Gasteiger charge is 2.20. The predicted molar refractivity (Wildman–Crippen MR) is 67.4 cm³/mol. The topological polar surface area (TPSA) is 66.3 Å². The van der Waals surface area contributed by atoms with Crippen LogP contribution in [-0.2, 0) is 17.6 Å². The Hall–Kier alpha value is -2.09. The summed E-state index contributed by atoms with van der Waals surface area (Å²) in [6, 6.07) is 0. The van der Waals surface area contributed by atoms with E-state index in [-0.39, 0.29) is 13.1 Å². The van der Waals surface area contributed by atoms with E-state index >= 15 is 0 Å². The Morgan fingerprint density at radius 1 is 1.44 bits per heavy atom. The zero-order valence-corrected chi connectivity index (χ0v) is 10.1. The third-order valence-electron chi connectivity index (χ3n) is 3.01. The summed E-state index contributed by atoms with van der Waals surface area (Å²) in [5.41, 5.74) is 2.08. The summed E-state index contributed by atoms with van der Waals surface area (Å²) in [5.74, 6) is 2.25. The second-order valence-corrected chi connectivity index (χ2v) is 4.28. The Balaban J connectivity index is 2.35. The maximum Gasteiger partial charge on any atom is 0.323 e. The third-order valence-corrected chi connectivity index (χ3v) is 3.01. The van der Waals surface area contributed by atoms with Gasteiger partial charge < -0.3 is 10.0 Å². The molecule has 0 unspecified atom stereocenters. The Morgan fingerprint density at radius 3 is 2.94 bits per heavy atom. The molecular formula is C13H15N3O2. The quantitative estimate of drug-likeness (QED) is 0.798. The minimum atomic E-state index is -0.909. The number of anilines is 1. The molecule has 0 saturated carbocycles. The molecule has 0 amide bonds. The van der Waals surface area contributed by atoms with Gasteiger partial charge in [-0.05, 0) is 25.7 Å². The Bertz CT molecular complexity index is 493. The fraction of sp³-hybridized carbons (Fsp3) is 0.462. The zero-order valence-electron chi connectivity index (χ0n) is 10.1. The minimum absolute atomic E-state index is 0.131. The summed E-state index contributed by atoms with van der Waals surface area (Å²) in [7, 11) is 0. The third kappa shape index (κ3) is 2.59. The van der Waals surface area contributed by atoms with Gasteiger partial charge in [-0.15, -0.1) is 6.42 Å². The molecule has 0 atom stereocenters. The van der Waals surface area contributed by atoms with Gasteiger partial charge in [-0.25, -0.2) is 9.97 Å². The highest BCUT2D eigenvalue weighted by molar-refractivity contribution is 5.74. The first kappa shape index (κ1) is 12.4. The second kappa shape index (κ2) is 5.50. The molecule has 1 aliphatic rings. The molecule has 1 aliphatic carbocycles. The Morgan fingerprint density at radius 2 is 2.22 bits per heavy atom. The molecule has 0 saturated heterocycles. The van der Waals surface area contributed by atoms with Crippen LogP contribution in [0.3, 0.4) is 0 Å². The van der Waals surface area contributed by atoms with E-state index in [0.29, 0.717) is 5.82 Å². The molecule has 5 heteroatoms. The van der Waals surface area contributed by atoms with E-state index < -0.39 is 5.97 Å². The number of carboxylic acids is 1. The number of aryl methyl sites for hydroxylation is 1. The van der Waals surface area contributed by atoms with Crippen molar-refractivity contribution in [2.45, 2.75) is 25.7 Å². The van der Waals surface area contributed by atoms with Gasteiger partial charge in [0.2, 0.25) is 0 Å². The van der Waals surface area contributed by atoms with Crippen molar-refractivity contribution < 1.29 is 9.90 Å². The van der Waals surface area contributed by atoms with Crippen molar-refractivity contribution >= 4 is 11.8 Å². The Kier molecular flexibility index (Phi) is 3.78. The van der Waals surface area contributed by atoms with Crippen LogP contribution in [0.2, 0.25) is 0 Å². The average molecular weight is 245 g/mol. The molecule has 0 radical (unpaired) electrons. The number of hydrogen-bond acceptors (Lipinski definition) is 4. The molecular weight excluding hydrogens is 230 g/mol. The fourth-order valence-corrected chi connectivity index (χ4v) is 2.26. The first-order valence-corrected chi connectivity index (χ1v) is 5.95. The van der Waals surface area contributed by atoms with Crippen LogP contribution in [0.5, 0.6) is 0 Å². The van der Waals surface area contributed by atoms with Crippen LogP contribution >= 0.6 is 0 Å². The van der Waals surface area contributed by atoms with E-state index in [9.17, 15) is 4.79 Å². The Labute approximate surface area is 106 Å². The van der Waals surface area contributed by atoms with E-state index in [1.807, 2.05) is 0 Å². The molecule has 0 aromatic carbocycles. The fourth-order valence-electron chi connectivity index (χ4n) is 2.26. The summed E-state index contributed by atoms with van der Waals surface area (Å²) in [5, 5.41) is 8.92. The summed E-state index contributed by atoms with van der Waals surface area (Å²) < 4.78 is 0. The number of carbonyl (C=O) groups is 1. The van der Waals surface area contributed by atoms with Crippen LogP contribution in [0.15, 0.2) is 6.33 Å². The van der Waals surface area contributed by atoms with Crippen LogP contribution < -0.4 is 4.90 Å². The number of hydrogen-bond donors (Lipinski definition) is 1. The van der Waals surface area contributed by atoms with Gasteiger partial charge in [-0.2, -0.15) is 0 Å². The molecule has 1 aromatic heterocycles. The molecule has 94 valence electrons. The first-order chi connectivity index (χ1) is 8.72. The normalized spacial score (nSPS) is 13.5. The molecule has 2 rings (SSSR count). The summed E-state index contributed by atoms with van der Waals surface area (Å²) in [4.78, 5) is 21.0. The lowest BCUT2D eigenvalue weighted by Gasteiger charge is -2.25. The largest absolute Gasteiger partial charge is 0.480 e. The maximum absolute atomic E-state index is 10.9. The van der Waals surface area contributed by atoms with Gasteiger partial charge in [0.25, 0.3) is 0 Å². The molecule has 1 heterocycles. The molecule has 18 heavy (non-hydrogen) atoms.